The molecule has 1 atom stereocenters. The van der Waals surface area contributed by atoms with Gasteiger partial charge >= 0.3 is 5.97 Å². The Hall–Kier alpha value is -1.62. The van der Waals surface area contributed by atoms with E-state index >= 15 is 0 Å². The Balaban J connectivity index is 1.98. The number of nitrogens with zero attached hydrogens (tertiary/aromatic N) is 2. The lowest BCUT2D eigenvalue weighted by atomic mass is 10.1. The minimum atomic E-state index is -0.719. The molecule has 0 amide bonds. The first kappa shape index (κ1) is 16.7. The van der Waals surface area contributed by atoms with Crippen LogP contribution in [0.15, 0.2) is 24.3 Å². The molecule has 22 heavy (non-hydrogen) atoms. The van der Waals surface area contributed by atoms with Gasteiger partial charge in [-0.05, 0) is 37.1 Å². The molecule has 1 N–H and O–H groups in total. The summed E-state index contributed by atoms with van der Waals surface area (Å²) in [7, 11) is 0. The Morgan fingerprint density at radius 1 is 1.23 bits per heavy atom. The predicted molar refractivity (Wildman–Crippen MR) is 85.8 cm³/mol. The normalized spacial score (nSPS) is 18.0. The number of benzene rings is 1. The highest BCUT2D eigenvalue weighted by molar-refractivity contribution is 5.73. The van der Waals surface area contributed by atoms with Crippen LogP contribution in [-0.4, -0.2) is 48.2 Å². The van der Waals surface area contributed by atoms with E-state index < -0.39 is 5.97 Å². The van der Waals surface area contributed by atoms with Gasteiger partial charge in [0.25, 0.3) is 0 Å². The van der Waals surface area contributed by atoms with Crippen molar-refractivity contribution in [2.45, 2.75) is 38.6 Å². The standard InChI is InChI=1S/C17H25FN2O2/c1-2-3-5-16(17(21)22)20-11-4-10-19(12-13-20)15-8-6-14(18)7-9-15/h6-9,16H,2-5,10-13H2,1H3,(H,21,22). The molecule has 0 saturated carbocycles. The monoisotopic (exact) mass is 308 g/mol. The SMILES string of the molecule is CCCCC(C(=O)O)N1CCCN(c2ccc(F)cc2)CC1. The van der Waals surface area contributed by atoms with Crippen LogP contribution < -0.4 is 4.90 Å². The van der Waals surface area contributed by atoms with E-state index in [0.717, 1.165) is 51.1 Å². The molecule has 1 aliphatic heterocycles. The minimum absolute atomic E-state index is 0.231. The van der Waals surface area contributed by atoms with Gasteiger partial charge in [0, 0.05) is 31.9 Å². The highest BCUT2D eigenvalue weighted by atomic mass is 19.1. The van der Waals surface area contributed by atoms with Crippen LogP contribution in [0.3, 0.4) is 0 Å². The average molecular weight is 308 g/mol. The molecule has 1 unspecified atom stereocenters. The average Bonchev–Trinajstić information content (AvgIpc) is 2.74. The summed E-state index contributed by atoms with van der Waals surface area (Å²) in [6.07, 6.45) is 3.59. The van der Waals surface area contributed by atoms with E-state index in [0.29, 0.717) is 6.42 Å². The first-order valence-electron chi connectivity index (χ1n) is 8.09. The summed E-state index contributed by atoms with van der Waals surface area (Å²) in [5, 5.41) is 9.46. The highest BCUT2D eigenvalue weighted by Crippen LogP contribution is 2.19. The lowest BCUT2D eigenvalue weighted by Gasteiger charge is -2.28. The summed E-state index contributed by atoms with van der Waals surface area (Å²) in [5.41, 5.74) is 1.00. The molecule has 1 aromatic carbocycles. The van der Waals surface area contributed by atoms with Crippen molar-refractivity contribution in [2.75, 3.05) is 31.1 Å². The Labute approximate surface area is 131 Å². The van der Waals surface area contributed by atoms with Crippen LogP contribution in [0.2, 0.25) is 0 Å². The van der Waals surface area contributed by atoms with Gasteiger partial charge in [-0.1, -0.05) is 19.8 Å². The van der Waals surface area contributed by atoms with E-state index in [1.807, 2.05) is 0 Å². The molecule has 1 fully saturated rings. The van der Waals surface area contributed by atoms with Crippen molar-refractivity contribution in [1.29, 1.82) is 0 Å². The van der Waals surface area contributed by atoms with Gasteiger partial charge in [0.15, 0.2) is 0 Å². The van der Waals surface area contributed by atoms with E-state index in [9.17, 15) is 14.3 Å². The predicted octanol–water partition coefficient (Wildman–Crippen LogP) is 2.98. The van der Waals surface area contributed by atoms with Crippen LogP contribution in [0.4, 0.5) is 10.1 Å². The van der Waals surface area contributed by atoms with E-state index in [2.05, 4.69) is 16.7 Å². The first-order valence-corrected chi connectivity index (χ1v) is 8.09. The van der Waals surface area contributed by atoms with Crippen molar-refractivity contribution in [1.82, 2.24) is 4.90 Å². The largest absolute Gasteiger partial charge is 0.480 e. The number of halogens is 1. The Kier molecular flexibility index (Phi) is 6.19. The van der Waals surface area contributed by atoms with Gasteiger partial charge < -0.3 is 10.0 Å². The maximum atomic E-state index is 13.0. The van der Waals surface area contributed by atoms with Crippen LogP contribution in [0, 0.1) is 5.82 Å². The summed E-state index contributed by atoms with van der Waals surface area (Å²) in [6.45, 7) is 5.28. The van der Waals surface area contributed by atoms with Crippen LogP contribution in [-0.2, 0) is 4.79 Å². The Morgan fingerprint density at radius 3 is 2.59 bits per heavy atom. The zero-order valence-electron chi connectivity index (χ0n) is 13.2. The summed E-state index contributed by atoms with van der Waals surface area (Å²) >= 11 is 0. The maximum Gasteiger partial charge on any atom is 0.320 e. The number of carbonyl (C=O) groups is 1. The van der Waals surface area contributed by atoms with E-state index in [1.165, 1.54) is 12.1 Å². The van der Waals surface area contributed by atoms with E-state index in [4.69, 9.17) is 0 Å². The maximum absolute atomic E-state index is 13.0. The van der Waals surface area contributed by atoms with Crippen molar-refractivity contribution < 1.29 is 14.3 Å². The van der Waals surface area contributed by atoms with Gasteiger partial charge in [-0.3, -0.25) is 9.69 Å². The third-order valence-electron chi connectivity index (χ3n) is 4.28. The molecule has 0 aromatic heterocycles. The van der Waals surface area contributed by atoms with Gasteiger partial charge in [0.05, 0.1) is 0 Å². The zero-order chi connectivity index (χ0) is 15.9. The molecule has 0 spiro atoms. The van der Waals surface area contributed by atoms with Crippen molar-refractivity contribution >= 4 is 11.7 Å². The molecule has 1 saturated heterocycles. The molecule has 122 valence electrons. The van der Waals surface area contributed by atoms with Gasteiger partial charge in [0.1, 0.15) is 11.9 Å². The number of hydrogen-bond acceptors (Lipinski definition) is 3. The Morgan fingerprint density at radius 2 is 1.95 bits per heavy atom. The molecule has 1 aromatic rings. The molecule has 1 heterocycles. The van der Waals surface area contributed by atoms with E-state index in [-0.39, 0.29) is 11.9 Å². The number of unbranched alkanes of at least 4 members (excludes halogenated alkanes) is 1. The Bertz CT molecular complexity index is 478. The van der Waals surface area contributed by atoms with Crippen molar-refractivity contribution in [3.8, 4) is 0 Å². The van der Waals surface area contributed by atoms with Crippen LogP contribution >= 0.6 is 0 Å². The molecular formula is C17H25FN2O2. The third-order valence-corrected chi connectivity index (χ3v) is 4.28. The number of rotatable bonds is 6. The fraction of sp³-hybridized carbons (Fsp3) is 0.588. The molecule has 4 nitrogen and oxygen atoms in total. The van der Waals surface area contributed by atoms with Crippen LogP contribution in [0.5, 0.6) is 0 Å². The summed E-state index contributed by atoms with van der Waals surface area (Å²) in [6, 6.07) is 6.14. The number of aliphatic carboxylic acids is 1. The highest BCUT2D eigenvalue weighted by Gasteiger charge is 2.26. The molecule has 1 aliphatic rings. The second-order valence-electron chi connectivity index (χ2n) is 5.85. The summed E-state index contributed by atoms with van der Waals surface area (Å²) < 4.78 is 13.0. The van der Waals surface area contributed by atoms with Crippen molar-refractivity contribution in [2.24, 2.45) is 0 Å². The van der Waals surface area contributed by atoms with Gasteiger partial charge in [-0.15, -0.1) is 0 Å². The third kappa shape index (κ3) is 4.44. The molecule has 0 aliphatic carbocycles. The number of carboxylic acid groups (broad SMARTS) is 1. The number of hydrogen-bond donors (Lipinski definition) is 1. The number of carboxylic acids is 1. The quantitative estimate of drug-likeness (QED) is 0.877. The summed E-state index contributed by atoms with van der Waals surface area (Å²) in [5.74, 6) is -0.950. The van der Waals surface area contributed by atoms with Crippen molar-refractivity contribution in [3.63, 3.8) is 0 Å². The second-order valence-corrected chi connectivity index (χ2v) is 5.85. The molecule has 2 rings (SSSR count). The number of anilines is 1. The molecule has 0 radical (unpaired) electrons. The lowest BCUT2D eigenvalue weighted by molar-refractivity contribution is -0.143. The van der Waals surface area contributed by atoms with Gasteiger partial charge in [0.2, 0.25) is 0 Å². The van der Waals surface area contributed by atoms with Crippen LogP contribution in [0.25, 0.3) is 0 Å². The van der Waals surface area contributed by atoms with Crippen molar-refractivity contribution in [3.05, 3.63) is 30.1 Å². The van der Waals surface area contributed by atoms with Gasteiger partial charge in [-0.25, -0.2) is 4.39 Å². The molecular weight excluding hydrogens is 283 g/mol. The second kappa shape index (κ2) is 8.13. The first-order chi connectivity index (χ1) is 10.6. The van der Waals surface area contributed by atoms with Gasteiger partial charge in [-0.2, -0.15) is 0 Å². The zero-order valence-corrected chi connectivity index (χ0v) is 13.2. The molecule has 0 bridgehead atoms. The minimum Gasteiger partial charge on any atom is -0.480 e. The fourth-order valence-corrected chi connectivity index (χ4v) is 3.02. The van der Waals surface area contributed by atoms with Crippen LogP contribution in [0.1, 0.15) is 32.6 Å². The topological polar surface area (TPSA) is 43.8 Å². The lowest BCUT2D eigenvalue weighted by Crippen LogP contribution is -2.43. The van der Waals surface area contributed by atoms with E-state index in [1.54, 1.807) is 12.1 Å². The smallest absolute Gasteiger partial charge is 0.320 e. The fourth-order valence-electron chi connectivity index (χ4n) is 3.02. The summed E-state index contributed by atoms with van der Waals surface area (Å²) in [4.78, 5) is 15.8. The molecule has 5 heteroatoms.